The van der Waals surface area contributed by atoms with Crippen LogP contribution in [0, 0.1) is 27.4 Å². The van der Waals surface area contributed by atoms with Gasteiger partial charge in [0.05, 0.1) is 31.3 Å². The highest BCUT2D eigenvalue weighted by molar-refractivity contribution is 9.09. The average molecular weight is 536 g/mol. The summed E-state index contributed by atoms with van der Waals surface area (Å²) in [6.07, 6.45) is 3.73. The number of benzene rings is 1. The Morgan fingerprint density at radius 3 is 2.50 bits per heavy atom. The number of nitrogens with zero attached hydrogens (tertiary/aromatic N) is 3. The molecule has 0 bridgehead atoms. The number of rotatable bonds is 11. The van der Waals surface area contributed by atoms with Gasteiger partial charge in [-0.3, -0.25) is 14.9 Å². The normalized spacial score (nSPS) is 17.4. The summed E-state index contributed by atoms with van der Waals surface area (Å²) in [4.78, 5) is 40.6. The molecule has 1 aliphatic rings. The van der Waals surface area contributed by atoms with Crippen molar-refractivity contribution in [2.75, 3.05) is 26.2 Å². The van der Waals surface area contributed by atoms with Gasteiger partial charge in [-0.25, -0.2) is 9.79 Å². The zero-order valence-corrected chi connectivity index (χ0v) is 20.8. The molecular formula is C23H26BrN3O7. The Balaban J connectivity index is 2.64. The number of methoxy groups -OCH3 is 2. The molecule has 0 radical (unpaired) electrons. The molecule has 0 amide bonds. The van der Waals surface area contributed by atoms with Gasteiger partial charge in [-0.05, 0) is 25.8 Å². The van der Waals surface area contributed by atoms with Crippen molar-refractivity contribution in [3.05, 3.63) is 45.1 Å². The van der Waals surface area contributed by atoms with Gasteiger partial charge in [0.1, 0.15) is 17.7 Å². The summed E-state index contributed by atoms with van der Waals surface area (Å²) >= 11 is 3.39. The number of alkyl halides is 1. The molecule has 182 valence electrons. The van der Waals surface area contributed by atoms with Crippen LogP contribution in [0.5, 0.6) is 5.75 Å². The number of nitro groups is 1. The van der Waals surface area contributed by atoms with Gasteiger partial charge in [-0.2, -0.15) is 5.26 Å². The monoisotopic (exact) mass is 535 g/mol. The van der Waals surface area contributed by atoms with Crippen LogP contribution in [0.25, 0.3) is 0 Å². The number of allylic oxidation sites excluding steroid dienone is 1. The third-order valence-electron chi connectivity index (χ3n) is 5.43. The summed E-state index contributed by atoms with van der Waals surface area (Å²) in [5.74, 6) is -3.57. The molecular weight excluding hydrogens is 510 g/mol. The van der Waals surface area contributed by atoms with E-state index in [0.717, 1.165) is 38.1 Å². The molecule has 1 aromatic rings. The summed E-state index contributed by atoms with van der Waals surface area (Å²) in [5.41, 5.74) is -0.248. The molecule has 2 atom stereocenters. The molecule has 0 N–H and O–H groups in total. The Bertz CT molecular complexity index is 1050. The van der Waals surface area contributed by atoms with E-state index in [9.17, 15) is 25.0 Å². The summed E-state index contributed by atoms with van der Waals surface area (Å²) < 4.78 is 15.8. The third-order valence-corrected chi connectivity index (χ3v) is 5.99. The molecule has 2 rings (SSSR count). The van der Waals surface area contributed by atoms with E-state index in [0.29, 0.717) is 6.61 Å². The fourth-order valence-corrected chi connectivity index (χ4v) is 4.20. The average Bonchev–Trinajstić information content (AvgIpc) is 2.84. The number of aliphatic imine (C=N–C) groups is 1. The first-order valence-electron chi connectivity index (χ1n) is 10.6. The highest BCUT2D eigenvalue weighted by Gasteiger charge is 2.44. The van der Waals surface area contributed by atoms with Crippen LogP contribution in [0.15, 0.2) is 34.5 Å². The molecule has 0 spiro atoms. The molecule has 0 aliphatic carbocycles. The zero-order chi connectivity index (χ0) is 25.3. The van der Waals surface area contributed by atoms with E-state index in [1.807, 2.05) is 6.07 Å². The number of halogens is 1. The number of non-ortho nitro benzene ring substituents is 1. The highest BCUT2D eigenvalue weighted by atomic mass is 79.9. The van der Waals surface area contributed by atoms with E-state index in [2.05, 4.69) is 20.9 Å². The number of unbranched alkanes of at least 4 members (excludes halogenated alkanes) is 3. The number of nitro benzene ring substituents is 1. The predicted octanol–water partition coefficient (Wildman–Crippen LogP) is 4.23. The van der Waals surface area contributed by atoms with Crippen molar-refractivity contribution in [2.45, 2.75) is 38.5 Å². The van der Waals surface area contributed by atoms with Crippen LogP contribution in [0.4, 0.5) is 5.69 Å². The summed E-state index contributed by atoms with van der Waals surface area (Å²) in [5, 5.41) is 22.1. The summed E-state index contributed by atoms with van der Waals surface area (Å²) in [6.45, 7) is 1.86. The van der Waals surface area contributed by atoms with Gasteiger partial charge in [0, 0.05) is 34.7 Å². The van der Waals surface area contributed by atoms with Crippen LogP contribution < -0.4 is 4.74 Å². The number of esters is 2. The zero-order valence-electron chi connectivity index (χ0n) is 19.2. The standard InChI is InChI=1S/C23H26BrN3O7/c1-14-19(22(28)32-2)20(21(23(29)33-3)17(13-25)26-14)16-12-15(27(30)31)8-9-18(16)34-11-7-5-4-6-10-24/h8-9,12,19-20H,4-7,10-11H2,1-3H3. The molecule has 1 aromatic carbocycles. The van der Waals surface area contributed by atoms with Crippen molar-refractivity contribution in [2.24, 2.45) is 10.9 Å². The summed E-state index contributed by atoms with van der Waals surface area (Å²) in [7, 11) is 2.32. The maximum atomic E-state index is 12.8. The second-order valence-corrected chi connectivity index (χ2v) is 8.32. The van der Waals surface area contributed by atoms with Gasteiger partial charge in [-0.1, -0.05) is 28.8 Å². The van der Waals surface area contributed by atoms with Crippen molar-refractivity contribution in [1.29, 1.82) is 5.26 Å². The van der Waals surface area contributed by atoms with Gasteiger partial charge in [0.25, 0.3) is 5.69 Å². The van der Waals surface area contributed by atoms with Gasteiger partial charge in [-0.15, -0.1) is 0 Å². The SMILES string of the molecule is COC(=O)C1=C(C#N)N=C(C)C(C(=O)OC)C1c1cc([N+](=O)[O-])ccc1OCCCCCCBr. The molecule has 0 aromatic heterocycles. The number of carbonyl (C=O) groups excluding carboxylic acids is 2. The van der Waals surface area contributed by atoms with Crippen LogP contribution in [0.2, 0.25) is 0 Å². The molecule has 0 saturated carbocycles. The van der Waals surface area contributed by atoms with Crippen molar-refractivity contribution in [3.63, 3.8) is 0 Å². The van der Waals surface area contributed by atoms with Crippen LogP contribution in [-0.2, 0) is 19.1 Å². The molecule has 0 saturated heterocycles. The number of nitriles is 1. The lowest BCUT2D eigenvalue weighted by Crippen LogP contribution is -2.36. The van der Waals surface area contributed by atoms with E-state index in [-0.39, 0.29) is 34.0 Å². The van der Waals surface area contributed by atoms with Crippen molar-refractivity contribution in [1.82, 2.24) is 0 Å². The summed E-state index contributed by atoms with van der Waals surface area (Å²) in [6, 6.07) is 5.83. The van der Waals surface area contributed by atoms with Crippen LogP contribution >= 0.6 is 15.9 Å². The number of hydrogen-bond acceptors (Lipinski definition) is 9. The molecule has 0 fully saturated rings. The lowest BCUT2D eigenvalue weighted by Gasteiger charge is -2.31. The molecule has 1 aliphatic heterocycles. The largest absolute Gasteiger partial charge is 0.493 e. The second kappa shape index (κ2) is 12.8. The second-order valence-electron chi connectivity index (χ2n) is 7.53. The Labute approximate surface area is 205 Å². The molecule has 11 heteroatoms. The Morgan fingerprint density at radius 2 is 1.91 bits per heavy atom. The maximum absolute atomic E-state index is 12.8. The Hall–Kier alpha value is -3.26. The highest BCUT2D eigenvalue weighted by Crippen LogP contribution is 2.44. The Morgan fingerprint density at radius 1 is 1.21 bits per heavy atom. The fourth-order valence-electron chi connectivity index (χ4n) is 3.80. The van der Waals surface area contributed by atoms with Crippen LogP contribution in [0.1, 0.15) is 44.1 Å². The Kier molecular flexibility index (Phi) is 10.2. The minimum absolute atomic E-state index is 0.186. The van der Waals surface area contributed by atoms with E-state index >= 15 is 0 Å². The quantitative estimate of drug-likeness (QED) is 0.135. The van der Waals surface area contributed by atoms with Gasteiger partial charge in [0.2, 0.25) is 0 Å². The van der Waals surface area contributed by atoms with E-state index in [1.54, 1.807) is 0 Å². The lowest BCUT2D eigenvalue weighted by molar-refractivity contribution is -0.385. The molecule has 1 heterocycles. The first-order chi connectivity index (χ1) is 16.3. The van der Waals surface area contributed by atoms with Gasteiger partial charge in [0.15, 0.2) is 5.70 Å². The topological polar surface area (TPSA) is 141 Å². The smallest absolute Gasteiger partial charge is 0.337 e. The van der Waals surface area contributed by atoms with Crippen molar-refractivity contribution < 1.29 is 28.7 Å². The molecule has 10 nitrogen and oxygen atoms in total. The van der Waals surface area contributed by atoms with Gasteiger partial charge >= 0.3 is 11.9 Å². The minimum atomic E-state index is -1.13. The first-order valence-corrected chi connectivity index (χ1v) is 11.8. The fraction of sp³-hybridized carbons (Fsp3) is 0.478. The van der Waals surface area contributed by atoms with E-state index in [4.69, 9.17) is 14.2 Å². The lowest BCUT2D eigenvalue weighted by atomic mass is 9.75. The minimum Gasteiger partial charge on any atom is -0.493 e. The van der Waals surface area contributed by atoms with E-state index in [1.165, 1.54) is 32.2 Å². The third kappa shape index (κ3) is 6.20. The van der Waals surface area contributed by atoms with E-state index < -0.39 is 28.7 Å². The molecule has 2 unspecified atom stereocenters. The van der Waals surface area contributed by atoms with Crippen molar-refractivity contribution in [3.8, 4) is 11.8 Å². The van der Waals surface area contributed by atoms with Crippen molar-refractivity contribution >= 4 is 39.3 Å². The van der Waals surface area contributed by atoms with Gasteiger partial charge < -0.3 is 14.2 Å². The van der Waals surface area contributed by atoms with Crippen LogP contribution in [-0.4, -0.2) is 48.7 Å². The maximum Gasteiger partial charge on any atom is 0.337 e. The first kappa shape index (κ1) is 27.0. The number of ether oxygens (including phenoxy) is 3. The van der Waals surface area contributed by atoms with Crippen LogP contribution in [0.3, 0.4) is 0 Å². The number of carbonyl (C=O) groups is 2. The predicted molar refractivity (Wildman–Crippen MR) is 127 cm³/mol. The molecule has 34 heavy (non-hydrogen) atoms. The number of hydrogen-bond donors (Lipinski definition) is 0.